The molecule has 2 aromatic rings. The van der Waals surface area contributed by atoms with Gasteiger partial charge in [0.25, 0.3) is 0 Å². The quantitative estimate of drug-likeness (QED) is 0.917. The molecule has 0 spiro atoms. The highest BCUT2D eigenvalue weighted by atomic mass is 32.1. The second kappa shape index (κ2) is 5.13. The van der Waals surface area contributed by atoms with Gasteiger partial charge >= 0.3 is 0 Å². The van der Waals surface area contributed by atoms with Crippen LogP contribution < -0.4 is 4.90 Å². The van der Waals surface area contributed by atoms with Gasteiger partial charge in [0.05, 0.1) is 11.3 Å². The fourth-order valence-corrected chi connectivity index (χ4v) is 5.08. The summed E-state index contributed by atoms with van der Waals surface area (Å²) in [5.41, 5.74) is 0.203. The van der Waals surface area contributed by atoms with Gasteiger partial charge in [-0.2, -0.15) is 0 Å². The van der Waals surface area contributed by atoms with Crippen molar-refractivity contribution < 1.29 is 13.9 Å². The van der Waals surface area contributed by atoms with Gasteiger partial charge in [-0.3, -0.25) is 0 Å². The van der Waals surface area contributed by atoms with Gasteiger partial charge in [0.2, 0.25) is 0 Å². The van der Waals surface area contributed by atoms with Crippen molar-refractivity contribution in [1.82, 2.24) is 4.98 Å². The predicted molar refractivity (Wildman–Crippen MR) is 83.2 cm³/mol. The first kappa shape index (κ1) is 14.3. The Kier molecular flexibility index (Phi) is 3.34. The van der Waals surface area contributed by atoms with Gasteiger partial charge in [0, 0.05) is 24.6 Å². The molecule has 1 saturated carbocycles. The number of aliphatic hydroxyl groups is 1. The zero-order valence-corrected chi connectivity index (χ0v) is 13.0. The van der Waals surface area contributed by atoms with E-state index in [0.29, 0.717) is 10.6 Å². The predicted octanol–water partition coefficient (Wildman–Crippen LogP) is 3.56. The van der Waals surface area contributed by atoms with Crippen LogP contribution in [0.2, 0.25) is 0 Å². The van der Waals surface area contributed by atoms with E-state index in [4.69, 9.17) is 0 Å². The highest BCUT2D eigenvalue weighted by molar-refractivity contribution is 7.22. The first-order valence-corrected chi connectivity index (χ1v) is 8.54. The number of thiazole rings is 1. The van der Waals surface area contributed by atoms with Crippen molar-refractivity contribution in [3.8, 4) is 0 Å². The molecule has 2 atom stereocenters. The first-order valence-electron chi connectivity index (χ1n) is 7.73. The summed E-state index contributed by atoms with van der Waals surface area (Å²) in [6.45, 7) is 1.81. The molecule has 3 nitrogen and oxygen atoms in total. The lowest BCUT2D eigenvalue weighted by molar-refractivity contribution is 0.0627. The van der Waals surface area contributed by atoms with Crippen molar-refractivity contribution in [1.29, 1.82) is 0 Å². The zero-order chi connectivity index (χ0) is 15.3. The smallest absolute Gasteiger partial charge is 0.186 e. The molecule has 6 heteroatoms. The number of halogens is 2. The highest BCUT2D eigenvalue weighted by Crippen LogP contribution is 2.48. The van der Waals surface area contributed by atoms with Crippen molar-refractivity contribution in [3.63, 3.8) is 0 Å². The van der Waals surface area contributed by atoms with Crippen LogP contribution in [0.25, 0.3) is 10.2 Å². The fraction of sp³-hybridized carbons (Fsp3) is 0.562. The van der Waals surface area contributed by atoms with E-state index in [1.807, 2.05) is 0 Å². The summed E-state index contributed by atoms with van der Waals surface area (Å²) < 4.78 is 27.7. The summed E-state index contributed by atoms with van der Waals surface area (Å²) in [5.74, 6) is -0.701. The molecule has 0 radical (unpaired) electrons. The van der Waals surface area contributed by atoms with Gasteiger partial charge in [-0.25, -0.2) is 13.8 Å². The second-order valence-corrected chi connectivity index (χ2v) is 7.58. The average Bonchev–Trinajstić information content (AvgIpc) is 3.08. The van der Waals surface area contributed by atoms with Crippen molar-refractivity contribution in [3.05, 3.63) is 23.8 Å². The molecular formula is C16H18F2N2OS. The van der Waals surface area contributed by atoms with Gasteiger partial charge < -0.3 is 10.0 Å². The van der Waals surface area contributed by atoms with Crippen LogP contribution in [0.15, 0.2) is 12.1 Å². The zero-order valence-electron chi connectivity index (χ0n) is 12.2. The molecule has 0 bridgehead atoms. The molecule has 1 aromatic carbocycles. The summed E-state index contributed by atoms with van der Waals surface area (Å²) in [6, 6.07) is 2.22. The molecule has 0 amide bonds. The second-order valence-electron chi connectivity index (χ2n) is 6.57. The van der Waals surface area contributed by atoms with Crippen molar-refractivity contribution in [2.45, 2.75) is 25.7 Å². The largest absolute Gasteiger partial charge is 0.396 e. The normalized spacial score (nSPS) is 28.3. The lowest BCUT2D eigenvalue weighted by Crippen LogP contribution is -2.36. The third-order valence-corrected chi connectivity index (χ3v) is 6.34. The van der Waals surface area contributed by atoms with E-state index in [1.165, 1.54) is 23.8 Å². The number of hydrogen-bond acceptors (Lipinski definition) is 4. The molecule has 1 saturated heterocycles. The van der Waals surface area contributed by atoms with E-state index in [2.05, 4.69) is 9.88 Å². The van der Waals surface area contributed by atoms with Gasteiger partial charge in [-0.1, -0.05) is 24.2 Å². The summed E-state index contributed by atoms with van der Waals surface area (Å²) in [5, 5.41) is 10.6. The molecule has 1 aliphatic heterocycles. The molecule has 2 aliphatic rings. The number of benzene rings is 1. The van der Waals surface area contributed by atoms with E-state index in [-0.39, 0.29) is 17.5 Å². The number of aliphatic hydroxyl groups excluding tert-OH is 1. The molecule has 2 heterocycles. The summed E-state index contributed by atoms with van der Waals surface area (Å²) in [7, 11) is 0. The highest BCUT2D eigenvalue weighted by Gasteiger charge is 2.47. The number of nitrogens with zero attached hydrogens (tertiary/aromatic N) is 2. The molecule has 22 heavy (non-hydrogen) atoms. The standard InChI is InChI=1S/C16H18F2N2OS/c17-11-5-12(18)14-13(6-11)22-15(19-14)20-7-10-3-1-2-4-16(10,8-20)9-21/h5-6,10,21H,1-4,7-9H2. The topological polar surface area (TPSA) is 36.4 Å². The fourth-order valence-electron chi connectivity index (χ4n) is 4.07. The molecular weight excluding hydrogens is 306 g/mol. The minimum absolute atomic E-state index is 0.0418. The maximum Gasteiger partial charge on any atom is 0.186 e. The molecule has 1 N–H and O–H groups in total. The van der Waals surface area contributed by atoms with Crippen molar-refractivity contribution >= 4 is 26.7 Å². The number of rotatable bonds is 2. The Labute approximate surface area is 131 Å². The van der Waals surface area contributed by atoms with Crippen LogP contribution in [0.5, 0.6) is 0 Å². The molecule has 1 aromatic heterocycles. The van der Waals surface area contributed by atoms with E-state index < -0.39 is 11.6 Å². The summed E-state index contributed by atoms with van der Waals surface area (Å²) in [4.78, 5) is 6.53. The Morgan fingerprint density at radius 1 is 1.36 bits per heavy atom. The van der Waals surface area contributed by atoms with Gasteiger partial charge in [0.1, 0.15) is 11.3 Å². The van der Waals surface area contributed by atoms with Crippen LogP contribution in [0.4, 0.5) is 13.9 Å². The van der Waals surface area contributed by atoms with Crippen molar-refractivity contribution in [2.75, 3.05) is 24.6 Å². The molecule has 118 valence electrons. The maximum atomic E-state index is 13.8. The molecule has 2 unspecified atom stereocenters. The first-order chi connectivity index (χ1) is 10.6. The number of fused-ring (bicyclic) bond motifs is 2. The Balaban J connectivity index is 1.69. The number of aromatic nitrogens is 1. The van der Waals surface area contributed by atoms with Crippen LogP contribution in [-0.4, -0.2) is 29.8 Å². The lowest BCUT2D eigenvalue weighted by Gasteiger charge is -2.36. The SMILES string of the molecule is OCC12CCCCC1CN(c1nc3c(F)cc(F)cc3s1)C2. The van der Waals surface area contributed by atoms with E-state index in [1.54, 1.807) is 0 Å². The van der Waals surface area contributed by atoms with Crippen LogP contribution in [-0.2, 0) is 0 Å². The Morgan fingerprint density at radius 2 is 2.23 bits per heavy atom. The van der Waals surface area contributed by atoms with E-state index >= 15 is 0 Å². The van der Waals surface area contributed by atoms with Crippen LogP contribution in [0.3, 0.4) is 0 Å². The van der Waals surface area contributed by atoms with E-state index in [9.17, 15) is 13.9 Å². The third kappa shape index (κ3) is 2.12. The minimum Gasteiger partial charge on any atom is -0.396 e. The average molecular weight is 324 g/mol. The number of anilines is 1. The Hall–Kier alpha value is -1.27. The number of hydrogen-bond donors (Lipinski definition) is 1. The van der Waals surface area contributed by atoms with Crippen LogP contribution in [0, 0.1) is 23.0 Å². The summed E-state index contributed by atoms with van der Waals surface area (Å²) >= 11 is 1.33. The van der Waals surface area contributed by atoms with E-state index in [0.717, 1.165) is 43.5 Å². The minimum atomic E-state index is -0.606. The monoisotopic (exact) mass is 324 g/mol. The maximum absolute atomic E-state index is 13.8. The molecule has 4 rings (SSSR count). The summed E-state index contributed by atoms with van der Waals surface area (Å²) in [6.07, 6.45) is 4.54. The Morgan fingerprint density at radius 3 is 3.00 bits per heavy atom. The molecule has 2 fully saturated rings. The Bertz CT molecular complexity index is 719. The molecule has 1 aliphatic carbocycles. The lowest BCUT2D eigenvalue weighted by atomic mass is 9.69. The van der Waals surface area contributed by atoms with Crippen molar-refractivity contribution in [2.24, 2.45) is 11.3 Å². The van der Waals surface area contributed by atoms with Gasteiger partial charge in [-0.05, 0) is 24.8 Å². The third-order valence-electron chi connectivity index (χ3n) is 5.28. The van der Waals surface area contributed by atoms with Crippen LogP contribution in [0.1, 0.15) is 25.7 Å². The van der Waals surface area contributed by atoms with Gasteiger partial charge in [0.15, 0.2) is 10.9 Å². The van der Waals surface area contributed by atoms with Gasteiger partial charge in [-0.15, -0.1) is 0 Å². The van der Waals surface area contributed by atoms with Crippen LogP contribution >= 0.6 is 11.3 Å².